The van der Waals surface area contributed by atoms with Crippen molar-refractivity contribution >= 4 is 17.8 Å². The molecule has 0 saturated carbocycles. The van der Waals surface area contributed by atoms with Crippen LogP contribution in [0.5, 0.6) is 0 Å². The number of nitrogens with one attached hydrogen (secondary N) is 2. The standard InChI is InChI=1S/C11H16N4O3/c1-3-6-15(11(17)12-4-2)8-10(16)13-9-5-7-18-14-9/h3,5,7H,1,4,6,8H2,2H3,(H,12,17)(H,13,14,16). The van der Waals surface area contributed by atoms with Gasteiger partial charge in [-0.2, -0.15) is 0 Å². The van der Waals surface area contributed by atoms with Gasteiger partial charge >= 0.3 is 6.03 Å². The quantitative estimate of drug-likeness (QED) is 0.734. The molecule has 0 unspecified atom stereocenters. The van der Waals surface area contributed by atoms with Gasteiger partial charge in [0.25, 0.3) is 0 Å². The maximum absolute atomic E-state index is 11.7. The predicted molar refractivity (Wildman–Crippen MR) is 66.0 cm³/mol. The maximum atomic E-state index is 11.7. The lowest BCUT2D eigenvalue weighted by Crippen LogP contribution is -2.44. The molecule has 0 aliphatic heterocycles. The van der Waals surface area contributed by atoms with Gasteiger partial charge in [0.05, 0.1) is 0 Å². The molecule has 0 atom stereocenters. The highest BCUT2D eigenvalue weighted by Crippen LogP contribution is 2.01. The number of hydrogen-bond donors (Lipinski definition) is 2. The van der Waals surface area contributed by atoms with Crippen molar-refractivity contribution in [3.05, 3.63) is 25.0 Å². The average Bonchev–Trinajstić information content (AvgIpc) is 2.81. The molecule has 98 valence electrons. The van der Waals surface area contributed by atoms with E-state index in [2.05, 4.69) is 26.9 Å². The predicted octanol–water partition coefficient (Wildman–Crippen LogP) is 0.831. The molecule has 0 aliphatic carbocycles. The zero-order valence-corrected chi connectivity index (χ0v) is 10.2. The maximum Gasteiger partial charge on any atom is 0.318 e. The van der Waals surface area contributed by atoms with Gasteiger partial charge in [-0.1, -0.05) is 11.2 Å². The lowest BCUT2D eigenvalue weighted by atomic mass is 10.4. The molecule has 7 heteroatoms. The zero-order valence-electron chi connectivity index (χ0n) is 10.2. The van der Waals surface area contributed by atoms with Crippen LogP contribution in [0.25, 0.3) is 0 Å². The van der Waals surface area contributed by atoms with Gasteiger partial charge in [0, 0.05) is 19.2 Å². The third kappa shape index (κ3) is 4.28. The van der Waals surface area contributed by atoms with Crippen LogP contribution in [0.4, 0.5) is 10.6 Å². The van der Waals surface area contributed by atoms with Crippen LogP contribution in [0.1, 0.15) is 6.92 Å². The van der Waals surface area contributed by atoms with E-state index in [0.717, 1.165) is 0 Å². The molecule has 2 N–H and O–H groups in total. The number of nitrogens with zero attached hydrogens (tertiary/aromatic N) is 2. The third-order valence-corrected chi connectivity index (χ3v) is 2.00. The number of hydrogen-bond acceptors (Lipinski definition) is 4. The summed E-state index contributed by atoms with van der Waals surface area (Å²) in [6.45, 7) is 6.06. The Labute approximate surface area is 105 Å². The Morgan fingerprint density at radius 3 is 2.94 bits per heavy atom. The minimum atomic E-state index is -0.350. The zero-order chi connectivity index (χ0) is 13.4. The Hall–Kier alpha value is -2.31. The summed E-state index contributed by atoms with van der Waals surface area (Å²) in [5.74, 6) is -0.0357. The average molecular weight is 252 g/mol. The highest BCUT2D eigenvalue weighted by molar-refractivity contribution is 5.93. The van der Waals surface area contributed by atoms with Gasteiger partial charge in [0.2, 0.25) is 5.91 Å². The molecule has 1 aromatic rings. The molecule has 0 radical (unpaired) electrons. The van der Waals surface area contributed by atoms with Gasteiger partial charge in [-0.25, -0.2) is 4.79 Å². The molecule has 1 aromatic heterocycles. The summed E-state index contributed by atoms with van der Waals surface area (Å²) in [6.07, 6.45) is 2.90. The van der Waals surface area contributed by atoms with E-state index in [9.17, 15) is 9.59 Å². The molecule has 0 spiro atoms. The Morgan fingerprint density at radius 2 is 2.39 bits per heavy atom. The summed E-state index contributed by atoms with van der Waals surface area (Å²) in [7, 11) is 0. The first-order valence-corrected chi connectivity index (χ1v) is 5.51. The van der Waals surface area contributed by atoms with E-state index >= 15 is 0 Å². The normalized spacial score (nSPS) is 9.61. The summed E-state index contributed by atoms with van der Waals surface area (Å²) in [6, 6.07) is 1.20. The van der Waals surface area contributed by atoms with Gasteiger partial charge in [0.15, 0.2) is 5.82 Å². The van der Waals surface area contributed by atoms with E-state index in [-0.39, 0.29) is 25.0 Å². The second-order valence-corrected chi connectivity index (χ2v) is 3.44. The van der Waals surface area contributed by atoms with Crippen LogP contribution in [-0.4, -0.2) is 41.6 Å². The second kappa shape index (κ2) is 7.10. The highest BCUT2D eigenvalue weighted by Gasteiger charge is 2.15. The number of aromatic nitrogens is 1. The van der Waals surface area contributed by atoms with E-state index in [1.807, 2.05) is 0 Å². The van der Waals surface area contributed by atoms with Crippen molar-refractivity contribution in [2.45, 2.75) is 6.92 Å². The van der Waals surface area contributed by atoms with Crippen molar-refractivity contribution in [1.82, 2.24) is 15.4 Å². The number of amides is 3. The van der Waals surface area contributed by atoms with E-state index in [4.69, 9.17) is 0 Å². The Kier molecular flexibility index (Phi) is 5.43. The van der Waals surface area contributed by atoms with Gasteiger partial charge in [-0.05, 0) is 6.92 Å². The van der Waals surface area contributed by atoms with Crippen LogP contribution in [0.2, 0.25) is 0 Å². The van der Waals surface area contributed by atoms with Crippen molar-refractivity contribution in [1.29, 1.82) is 0 Å². The van der Waals surface area contributed by atoms with Crippen molar-refractivity contribution < 1.29 is 14.1 Å². The number of carbonyl (C=O) groups excluding carboxylic acids is 2. The summed E-state index contributed by atoms with van der Waals surface area (Å²) in [5, 5.41) is 8.67. The van der Waals surface area contributed by atoms with Crippen molar-refractivity contribution in [3.63, 3.8) is 0 Å². The molecule has 0 fully saturated rings. The van der Waals surface area contributed by atoms with Crippen molar-refractivity contribution in [2.24, 2.45) is 0 Å². The summed E-state index contributed by atoms with van der Waals surface area (Å²) < 4.78 is 4.58. The molecule has 0 bridgehead atoms. The highest BCUT2D eigenvalue weighted by atomic mass is 16.5. The third-order valence-electron chi connectivity index (χ3n) is 2.00. The smallest absolute Gasteiger partial charge is 0.318 e. The van der Waals surface area contributed by atoms with E-state index in [1.165, 1.54) is 17.2 Å². The fraction of sp³-hybridized carbons (Fsp3) is 0.364. The SMILES string of the molecule is C=CCN(CC(=O)Nc1ccon1)C(=O)NCC. The van der Waals surface area contributed by atoms with Crippen LogP contribution in [0.15, 0.2) is 29.5 Å². The van der Waals surface area contributed by atoms with Crippen LogP contribution < -0.4 is 10.6 Å². The first-order chi connectivity index (χ1) is 8.67. The van der Waals surface area contributed by atoms with Crippen LogP contribution in [0.3, 0.4) is 0 Å². The molecular formula is C11H16N4O3. The minimum absolute atomic E-state index is 0.0787. The van der Waals surface area contributed by atoms with Crippen molar-refractivity contribution in [2.75, 3.05) is 25.0 Å². The second-order valence-electron chi connectivity index (χ2n) is 3.44. The van der Waals surface area contributed by atoms with Gasteiger partial charge < -0.3 is 20.1 Å². The summed E-state index contributed by atoms with van der Waals surface area (Å²) >= 11 is 0. The van der Waals surface area contributed by atoms with Gasteiger partial charge in [-0.15, -0.1) is 6.58 Å². The summed E-state index contributed by atoms with van der Waals surface area (Å²) in [5.41, 5.74) is 0. The monoisotopic (exact) mass is 252 g/mol. The van der Waals surface area contributed by atoms with E-state index in [1.54, 1.807) is 13.0 Å². The number of rotatable bonds is 6. The molecule has 1 rings (SSSR count). The van der Waals surface area contributed by atoms with Gasteiger partial charge in [0.1, 0.15) is 12.8 Å². The lowest BCUT2D eigenvalue weighted by molar-refractivity contribution is -0.116. The minimum Gasteiger partial charge on any atom is -0.363 e. The molecule has 1 heterocycles. The van der Waals surface area contributed by atoms with Gasteiger partial charge in [-0.3, -0.25) is 4.79 Å². The van der Waals surface area contributed by atoms with Crippen LogP contribution >= 0.6 is 0 Å². The Morgan fingerprint density at radius 1 is 1.61 bits per heavy atom. The fourth-order valence-electron chi connectivity index (χ4n) is 1.27. The molecule has 0 aromatic carbocycles. The van der Waals surface area contributed by atoms with Crippen LogP contribution in [-0.2, 0) is 4.79 Å². The van der Waals surface area contributed by atoms with E-state index in [0.29, 0.717) is 12.4 Å². The van der Waals surface area contributed by atoms with Crippen molar-refractivity contribution in [3.8, 4) is 0 Å². The first-order valence-electron chi connectivity index (χ1n) is 5.51. The number of anilines is 1. The molecular weight excluding hydrogens is 236 g/mol. The number of carbonyl (C=O) groups is 2. The first kappa shape index (κ1) is 13.8. The molecule has 18 heavy (non-hydrogen) atoms. The fourth-order valence-corrected chi connectivity index (χ4v) is 1.27. The topological polar surface area (TPSA) is 87.5 Å². The molecule has 0 saturated heterocycles. The molecule has 3 amide bonds. The summed E-state index contributed by atoms with van der Waals surface area (Å²) in [4.78, 5) is 24.6. The largest absolute Gasteiger partial charge is 0.363 e. The van der Waals surface area contributed by atoms with Crippen LogP contribution in [0, 0.1) is 0 Å². The molecule has 0 aliphatic rings. The molecule has 7 nitrogen and oxygen atoms in total. The Bertz CT molecular complexity index is 402. The van der Waals surface area contributed by atoms with E-state index < -0.39 is 0 Å². The lowest BCUT2D eigenvalue weighted by Gasteiger charge is -2.20. The number of urea groups is 1. The Balaban J connectivity index is 2.51.